The van der Waals surface area contributed by atoms with Gasteiger partial charge in [-0.2, -0.15) is 0 Å². The highest BCUT2D eigenvalue weighted by molar-refractivity contribution is 5.11. The normalized spacial score (nSPS) is 28.8. The molecule has 130 valence electrons. The van der Waals surface area contributed by atoms with Crippen LogP contribution in [-0.4, -0.2) is 5.54 Å². The number of nitrogens with two attached hydrogens (primary N) is 1. The molecular weight excluding hydrogens is 266 g/mol. The maximum Gasteiger partial charge on any atom is 0.0268 e. The van der Waals surface area contributed by atoms with E-state index in [1.165, 1.54) is 77.0 Å². The molecule has 2 aliphatic carbocycles. The third-order valence-electron chi connectivity index (χ3n) is 7.87. The minimum Gasteiger partial charge on any atom is -0.324 e. The highest BCUT2D eigenvalue weighted by atomic mass is 14.9. The monoisotopic (exact) mass is 307 g/mol. The molecular formula is C21H41N. The van der Waals surface area contributed by atoms with Gasteiger partial charge in [0.1, 0.15) is 0 Å². The second-order valence-corrected chi connectivity index (χ2v) is 8.60. The standard InChI is InChI=1S/C21H41N/c1-5-17(3)20(15-11-8-12-16-20)21(22,18(4)6-2)19-13-9-7-10-14-19/h17-19H,5-16,22H2,1-4H3. The number of hydrogen-bond donors (Lipinski definition) is 1. The molecule has 0 spiro atoms. The molecule has 1 heteroatoms. The Bertz CT molecular complexity index is 325. The van der Waals surface area contributed by atoms with Crippen LogP contribution in [0.2, 0.25) is 0 Å². The molecule has 2 N–H and O–H groups in total. The van der Waals surface area contributed by atoms with E-state index in [2.05, 4.69) is 27.7 Å². The molecule has 0 aromatic heterocycles. The van der Waals surface area contributed by atoms with Crippen LogP contribution >= 0.6 is 0 Å². The minimum atomic E-state index is 0.0675. The van der Waals surface area contributed by atoms with Crippen LogP contribution in [0.15, 0.2) is 0 Å². The summed E-state index contributed by atoms with van der Waals surface area (Å²) in [6.45, 7) is 9.73. The topological polar surface area (TPSA) is 26.0 Å². The van der Waals surface area contributed by atoms with Crippen LogP contribution in [0.1, 0.15) is 105 Å². The van der Waals surface area contributed by atoms with Gasteiger partial charge in [-0.05, 0) is 48.9 Å². The Morgan fingerprint density at radius 2 is 1.45 bits per heavy atom. The first-order chi connectivity index (χ1) is 10.5. The Morgan fingerprint density at radius 3 is 1.95 bits per heavy atom. The van der Waals surface area contributed by atoms with Gasteiger partial charge in [-0.25, -0.2) is 0 Å². The fourth-order valence-corrected chi connectivity index (χ4v) is 6.14. The van der Waals surface area contributed by atoms with Crippen LogP contribution in [-0.2, 0) is 0 Å². The van der Waals surface area contributed by atoms with E-state index in [1.54, 1.807) is 0 Å². The molecule has 0 heterocycles. The summed E-state index contributed by atoms with van der Waals surface area (Å²) in [4.78, 5) is 0. The molecule has 1 nitrogen and oxygen atoms in total. The Morgan fingerprint density at radius 1 is 0.909 bits per heavy atom. The first-order valence-corrected chi connectivity index (χ1v) is 10.3. The molecule has 2 fully saturated rings. The quantitative estimate of drug-likeness (QED) is 0.611. The molecule has 0 aliphatic heterocycles. The largest absolute Gasteiger partial charge is 0.324 e. The lowest BCUT2D eigenvalue weighted by molar-refractivity contribution is -0.0675. The SMILES string of the molecule is CCC(C)C1(C(N)(C(C)CC)C2CCCCC2)CCCCC1. The number of hydrogen-bond acceptors (Lipinski definition) is 1. The summed E-state index contributed by atoms with van der Waals surface area (Å²) in [5.74, 6) is 2.19. The van der Waals surface area contributed by atoms with Crippen molar-refractivity contribution in [1.82, 2.24) is 0 Å². The summed E-state index contributed by atoms with van der Waals surface area (Å²) in [6, 6.07) is 0. The molecule has 0 saturated heterocycles. The van der Waals surface area contributed by atoms with E-state index >= 15 is 0 Å². The van der Waals surface area contributed by atoms with E-state index in [0.717, 1.165) is 11.8 Å². The molecule has 2 aliphatic rings. The van der Waals surface area contributed by atoms with Crippen LogP contribution in [0, 0.1) is 23.2 Å². The van der Waals surface area contributed by atoms with Gasteiger partial charge in [-0.15, -0.1) is 0 Å². The fourth-order valence-electron chi connectivity index (χ4n) is 6.14. The maximum absolute atomic E-state index is 7.51. The van der Waals surface area contributed by atoms with Crippen LogP contribution in [0.5, 0.6) is 0 Å². The molecule has 2 rings (SSSR count). The lowest BCUT2D eigenvalue weighted by Crippen LogP contribution is -2.67. The highest BCUT2D eigenvalue weighted by Crippen LogP contribution is 2.58. The second-order valence-electron chi connectivity index (χ2n) is 8.60. The van der Waals surface area contributed by atoms with Gasteiger partial charge in [0, 0.05) is 5.54 Å². The summed E-state index contributed by atoms with van der Waals surface area (Å²) in [7, 11) is 0. The van der Waals surface area contributed by atoms with E-state index in [-0.39, 0.29) is 5.54 Å². The van der Waals surface area contributed by atoms with Crippen molar-refractivity contribution < 1.29 is 0 Å². The molecule has 0 aromatic rings. The van der Waals surface area contributed by atoms with Crippen molar-refractivity contribution in [2.45, 2.75) is 110 Å². The van der Waals surface area contributed by atoms with Gasteiger partial charge in [-0.1, -0.05) is 79.1 Å². The van der Waals surface area contributed by atoms with Gasteiger partial charge in [0.15, 0.2) is 0 Å². The lowest BCUT2D eigenvalue weighted by Gasteiger charge is -2.61. The average molecular weight is 308 g/mol. The van der Waals surface area contributed by atoms with Crippen LogP contribution in [0.3, 0.4) is 0 Å². The Hall–Kier alpha value is -0.0400. The predicted molar refractivity (Wildman–Crippen MR) is 97.9 cm³/mol. The van der Waals surface area contributed by atoms with E-state index in [0.29, 0.717) is 11.3 Å². The van der Waals surface area contributed by atoms with Gasteiger partial charge < -0.3 is 5.73 Å². The first-order valence-electron chi connectivity index (χ1n) is 10.3. The Labute approximate surface area is 139 Å². The summed E-state index contributed by atoms with van der Waals surface area (Å²) in [5, 5.41) is 0. The highest BCUT2D eigenvalue weighted by Gasteiger charge is 2.56. The first kappa shape index (κ1) is 18.3. The summed E-state index contributed by atoms with van der Waals surface area (Å²) in [5.41, 5.74) is 7.98. The zero-order valence-corrected chi connectivity index (χ0v) is 15.8. The molecule has 3 atom stereocenters. The molecule has 3 unspecified atom stereocenters. The van der Waals surface area contributed by atoms with Gasteiger partial charge in [-0.3, -0.25) is 0 Å². The Kier molecular flexibility index (Phi) is 6.39. The third kappa shape index (κ3) is 2.99. The van der Waals surface area contributed by atoms with Crippen molar-refractivity contribution in [3.63, 3.8) is 0 Å². The van der Waals surface area contributed by atoms with Crippen molar-refractivity contribution in [1.29, 1.82) is 0 Å². The maximum atomic E-state index is 7.51. The zero-order valence-electron chi connectivity index (χ0n) is 15.8. The van der Waals surface area contributed by atoms with E-state index in [4.69, 9.17) is 5.73 Å². The molecule has 22 heavy (non-hydrogen) atoms. The summed E-state index contributed by atoms with van der Waals surface area (Å²) in [6.07, 6.45) is 16.6. The molecule has 0 aromatic carbocycles. The van der Waals surface area contributed by atoms with Crippen molar-refractivity contribution in [3.8, 4) is 0 Å². The van der Waals surface area contributed by atoms with Crippen LogP contribution < -0.4 is 5.73 Å². The summed E-state index contributed by atoms with van der Waals surface area (Å²) < 4.78 is 0. The van der Waals surface area contributed by atoms with Gasteiger partial charge >= 0.3 is 0 Å². The predicted octanol–water partition coefficient (Wildman–Crippen LogP) is 6.31. The van der Waals surface area contributed by atoms with E-state index < -0.39 is 0 Å². The van der Waals surface area contributed by atoms with Crippen LogP contribution in [0.25, 0.3) is 0 Å². The van der Waals surface area contributed by atoms with Crippen molar-refractivity contribution >= 4 is 0 Å². The number of rotatable bonds is 6. The third-order valence-corrected chi connectivity index (χ3v) is 7.87. The summed E-state index contributed by atoms with van der Waals surface area (Å²) >= 11 is 0. The van der Waals surface area contributed by atoms with Gasteiger partial charge in [0.05, 0.1) is 0 Å². The van der Waals surface area contributed by atoms with E-state index in [9.17, 15) is 0 Å². The second kappa shape index (κ2) is 7.69. The van der Waals surface area contributed by atoms with Gasteiger partial charge in [0.2, 0.25) is 0 Å². The smallest absolute Gasteiger partial charge is 0.0268 e. The fraction of sp³-hybridized carbons (Fsp3) is 1.00. The minimum absolute atomic E-state index is 0.0675. The lowest BCUT2D eigenvalue weighted by atomic mass is 9.47. The van der Waals surface area contributed by atoms with E-state index in [1.807, 2.05) is 0 Å². The molecule has 0 radical (unpaired) electrons. The zero-order chi connectivity index (χ0) is 16.2. The molecule has 2 saturated carbocycles. The van der Waals surface area contributed by atoms with Crippen molar-refractivity contribution in [3.05, 3.63) is 0 Å². The Balaban J connectivity index is 2.42. The average Bonchev–Trinajstić information content (AvgIpc) is 2.60. The van der Waals surface area contributed by atoms with Crippen LogP contribution in [0.4, 0.5) is 0 Å². The van der Waals surface area contributed by atoms with Crippen molar-refractivity contribution in [2.24, 2.45) is 28.9 Å². The van der Waals surface area contributed by atoms with Crippen molar-refractivity contribution in [2.75, 3.05) is 0 Å². The molecule has 0 bridgehead atoms. The molecule has 0 amide bonds. The van der Waals surface area contributed by atoms with Gasteiger partial charge in [0.25, 0.3) is 0 Å².